The third-order valence-electron chi connectivity index (χ3n) is 3.09. The minimum atomic E-state index is -0.259. The topological polar surface area (TPSA) is 49.6 Å². The zero-order valence-electron chi connectivity index (χ0n) is 12.1. The van der Waals surface area contributed by atoms with E-state index in [1.165, 1.54) is 18.4 Å². The molecule has 0 aliphatic heterocycles. The average molecular weight is 291 g/mol. The predicted octanol–water partition coefficient (Wildman–Crippen LogP) is 1.90. The van der Waals surface area contributed by atoms with Crippen molar-refractivity contribution in [3.8, 4) is 0 Å². The van der Waals surface area contributed by atoms with Crippen molar-refractivity contribution >= 4 is 5.91 Å². The number of nitrogens with zero attached hydrogens (tertiary/aromatic N) is 3. The summed E-state index contributed by atoms with van der Waals surface area (Å²) in [4.78, 5) is 15.6. The van der Waals surface area contributed by atoms with Gasteiger partial charge in [0.15, 0.2) is 0 Å². The number of rotatable bonds is 6. The van der Waals surface area contributed by atoms with E-state index in [9.17, 15) is 9.18 Å². The van der Waals surface area contributed by atoms with E-state index in [4.69, 9.17) is 4.52 Å². The molecule has 112 valence electrons. The number of carbonyl (C=O) groups is 1. The highest BCUT2D eigenvalue weighted by Crippen LogP contribution is 2.06. The van der Waals surface area contributed by atoms with Crippen LogP contribution in [0.5, 0.6) is 0 Å². The third kappa shape index (κ3) is 4.68. The van der Waals surface area contributed by atoms with E-state index in [2.05, 4.69) is 5.16 Å². The summed E-state index contributed by atoms with van der Waals surface area (Å²) >= 11 is 0. The van der Waals surface area contributed by atoms with Crippen molar-refractivity contribution in [2.75, 3.05) is 20.6 Å². The van der Waals surface area contributed by atoms with Gasteiger partial charge in [0.1, 0.15) is 17.8 Å². The molecule has 0 N–H and O–H groups in total. The summed E-state index contributed by atoms with van der Waals surface area (Å²) < 4.78 is 17.6. The van der Waals surface area contributed by atoms with Crippen LogP contribution >= 0.6 is 0 Å². The monoisotopic (exact) mass is 291 g/mol. The Kier molecular flexibility index (Phi) is 5.05. The minimum absolute atomic E-state index is 0.0115. The Morgan fingerprint density at radius 1 is 1.19 bits per heavy atom. The summed E-state index contributed by atoms with van der Waals surface area (Å²) in [5, 5.41) is 3.78. The van der Waals surface area contributed by atoms with Gasteiger partial charge >= 0.3 is 0 Å². The molecule has 21 heavy (non-hydrogen) atoms. The summed E-state index contributed by atoms with van der Waals surface area (Å²) in [6.07, 6.45) is 1.48. The van der Waals surface area contributed by atoms with Gasteiger partial charge in [-0.25, -0.2) is 4.39 Å². The molecule has 1 amide bonds. The highest BCUT2D eigenvalue weighted by atomic mass is 19.1. The maximum Gasteiger partial charge on any atom is 0.236 e. The van der Waals surface area contributed by atoms with Crippen LogP contribution < -0.4 is 0 Å². The van der Waals surface area contributed by atoms with Crippen LogP contribution in [-0.4, -0.2) is 41.5 Å². The van der Waals surface area contributed by atoms with Crippen molar-refractivity contribution in [1.29, 1.82) is 0 Å². The van der Waals surface area contributed by atoms with Gasteiger partial charge in [-0.2, -0.15) is 0 Å². The molecule has 0 saturated heterocycles. The fraction of sp³-hybridized carbons (Fsp3) is 0.333. The Balaban J connectivity index is 1.82. The molecule has 2 aromatic rings. The number of hydrogen-bond acceptors (Lipinski definition) is 4. The number of likely N-dealkylation sites (N-methyl/N-ethyl adjacent to an activating group) is 2. The normalized spacial score (nSPS) is 10.9. The van der Waals surface area contributed by atoms with Crippen molar-refractivity contribution in [3.63, 3.8) is 0 Å². The lowest BCUT2D eigenvalue weighted by atomic mass is 10.2. The Bertz CT molecular complexity index is 569. The number of halogens is 1. The first-order valence-electron chi connectivity index (χ1n) is 6.61. The highest BCUT2D eigenvalue weighted by Gasteiger charge is 2.13. The molecular weight excluding hydrogens is 273 g/mol. The summed E-state index contributed by atoms with van der Waals surface area (Å²) in [5.41, 5.74) is 1.68. The van der Waals surface area contributed by atoms with E-state index in [1.54, 1.807) is 30.1 Å². The second kappa shape index (κ2) is 6.99. The third-order valence-corrected chi connectivity index (χ3v) is 3.09. The van der Waals surface area contributed by atoms with Crippen LogP contribution in [0.15, 0.2) is 41.1 Å². The molecular formula is C15H18FN3O2. The van der Waals surface area contributed by atoms with E-state index in [-0.39, 0.29) is 18.3 Å². The Morgan fingerprint density at radius 2 is 1.90 bits per heavy atom. The molecule has 1 aromatic heterocycles. The van der Waals surface area contributed by atoms with Crippen LogP contribution in [-0.2, 0) is 17.9 Å². The molecule has 0 aliphatic rings. The molecule has 0 radical (unpaired) electrons. The molecule has 0 spiro atoms. The van der Waals surface area contributed by atoms with Gasteiger partial charge in [0.2, 0.25) is 5.91 Å². The molecule has 2 rings (SSSR count). The van der Waals surface area contributed by atoms with Crippen molar-refractivity contribution in [2.24, 2.45) is 0 Å². The van der Waals surface area contributed by atoms with E-state index in [1.807, 2.05) is 11.9 Å². The lowest BCUT2D eigenvalue weighted by Crippen LogP contribution is -2.36. The molecule has 0 bridgehead atoms. The smallest absolute Gasteiger partial charge is 0.236 e. The van der Waals surface area contributed by atoms with Crippen LogP contribution in [0.4, 0.5) is 4.39 Å². The lowest BCUT2D eigenvalue weighted by molar-refractivity contribution is -0.131. The zero-order valence-corrected chi connectivity index (χ0v) is 12.1. The Morgan fingerprint density at radius 3 is 2.52 bits per heavy atom. The molecule has 0 saturated carbocycles. The summed E-state index contributed by atoms with van der Waals surface area (Å²) in [6.45, 7) is 1.29. The fourth-order valence-corrected chi connectivity index (χ4v) is 1.96. The number of benzene rings is 1. The summed E-state index contributed by atoms with van der Waals surface area (Å²) in [5.74, 6) is -0.271. The lowest BCUT2D eigenvalue weighted by Gasteiger charge is -2.21. The minimum Gasteiger partial charge on any atom is -0.364 e. The van der Waals surface area contributed by atoms with Crippen molar-refractivity contribution < 1.29 is 13.7 Å². The Labute approximate surface area is 122 Å². The highest BCUT2D eigenvalue weighted by molar-refractivity contribution is 5.77. The standard InChI is InChI=1S/C15H18FN3O2/c1-18(9-12-3-5-13(16)6-4-12)11-15(20)19(2)10-14-7-8-21-17-14/h3-8H,9-11H2,1-2H3. The van der Waals surface area contributed by atoms with Gasteiger partial charge in [0.25, 0.3) is 0 Å². The van der Waals surface area contributed by atoms with Gasteiger partial charge < -0.3 is 9.42 Å². The van der Waals surface area contributed by atoms with Crippen LogP contribution in [0.1, 0.15) is 11.3 Å². The molecule has 1 aromatic carbocycles. The van der Waals surface area contributed by atoms with Crippen LogP contribution in [0, 0.1) is 5.82 Å². The first-order valence-corrected chi connectivity index (χ1v) is 6.61. The number of hydrogen-bond donors (Lipinski definition) is 0. The summed E-state index contributed by atoms with van der Waals surface area (Å²) in [7, 11) is 3.58. The van der Waals surface area contributed by atoms with E-state index < -0.39 is 0 Å². The van der Waals surface area contributed by atoms with Crippen LogP contribution in [0.3, 0.4) is 0 Å². The van der Waals surface area contributed by atoms with Crippen LogP contribution in [0.2, 0.25) is 0 Å². The SMILES string of the molecule is CN(CC(=O)N(C)Cc1ccon1)Cc1ccc(F)cc1. The van der Waals surface area contributed by atoms with E-state index in [0.29, 0.717) is 18.8 Å². The Hall–Kier alpha value is -2.21. The van der Waals surface area contributed by atoms with E-state index in [0.717, 1.165) is 5.56 Å². The van der Waals surface area contributed by atoms with Gasteiger partial charge in [-0.3, -0.25) is 9.69 Å². The molecule has 5 nitrogen and oxygen atoms in total. The number of aromatic nitrogens is 1. The largest absolute Gasteiger partial charge is 0.364 e. The molecule has 0 fully saturated rings. The molecule has 6 heteroatoms. The van der Waals surface area contributed by atoms with Crippen molar-refractivity contribution in [1.82, 2.24) is 15.0 Å². The first kappa shape index (κ1) is 15.2. The van der Waals surface area contributed by atoms with Gasteiger partial charge in [-0.15, -0.1) is 0 Å². The van der Waals surface area contributed by atoms with Gasteiger partial charge in [0, 0.05) is 19.7 Å². The van der Waals surface area contributed by atoms with Gasteiger partial charge in [-0.05, 0) is 24.7 Å². The second-order valence-corrected chi connectivity index (χ2v) is 5.04. The van der Waals surface area contributed by atoms with Gasteiger partial charge in [-0.1, -0.05) is 17.3 Å². The quantitative estimate of drug-likeness (QED) is 0.815. The summed E-state index contributed by atoms with van der Waals surface area (Å²) in [6, 6.07) is 8.00. The fourth-order valence-electron chi connectivity index (χ4n) is 1.96. The number of carbonyl (C=O) groups excluding carboxylic acids is 1. The molecule has 0 atom stereocenters. The van der Waals surface area contributed by atoms with E-state index >= 15 is 0 Å². The van der Waals surface area contributed by atoms with Crippen molar-refractivity contribution in [3.05, 3.63) is 53.7 Å². The van der Waals surface area contributed by atoms with Crippen molar-refractivity contribution in [2.45, 2.75) is 13.1 Å². The van der Waals surface area contributed by atoms with Gasteiger partial charge in [0.05, 0.1) is 13.1 Å². The molecule has 0 aliphatic carbocycles. The second-order valence-electron chi connectivity index (χ2n) is 5.04. The predicted molar refractivity (Wildman–Crippen MR) is 75.7 cm³/mol. The zero-order chi connectivity index (χ0) is 15.2. The maximum absolute atomic E-state index is 12.8. The van der Waals surface area contributed by atoms with Crippen LogP contribution in [0.25, 0.3) is 0 Å². The number of amides is 1. The maximum atomic E-state index is 12.8. The molecule has 1 heterocycles. The molecule has 0 unspecified atom stereocenters. The average Bonchev–Trinajstić information content (AvgIpc) is 2.94. The first-order chi connectivity index (χ1) is 10.0.